The second kappa shape index (κ2) is 4.49. The molecule has 0 aromatic rings. The molecular formula is C11H21NO3. The number of nitrogens with zero attached hydrogens (tertiary/aromatic N) is 1. The third kappa shape index (κ3) is 2.69. The normalized spacial score (nSPS) is 26.7. The lowest BCUT2D eigenvalue weighted by molar-refractivity contribution is -0.147. The van der Waals surface area contributed by atoms with Gasteiger partial charge in [0, 0.05) is 7.05 Å². The summed E-state index contributed by atoms with van der Waals surface area (Å²) in [7, 11) is 1.71. The number of aliphatic hydroxyl groups excluding tert-OH is 1. The van der Waals surface area contributed by atoms with Crippen molar-refractivity contribution in [2.75, 3.05) is 13.7 Å². The lowest BCUT2D eigenvalue weighted by Gasteiger charge is -2.35. The number of amides is 1. The molecule has 0 radical (unpaired) electrons. The predicted octanol–water partition coefficient (Wildman–Crippen LogP) is 0.783. The maximum Gasteiger partial charge on any atom is 0.251 e. The summed E-state index contributed by atoms with van der Waals surface area (Å²) in [5, 5.41) is 9.17. The first kappa shape index (κ1) is 12.5. The van der Waals surface area contributed by atoms with Gasteiger partial charge in [0.25, 0.3) is 5.91 Å². The highest BCUT2D eigenvalue weighted by molar-refractivity contribution is 5.81. The quantitative estimate of drug-likeness (QED) is 0.757. The van der Waals surface area contributed by atoms with E-state index >= 15 is 0 Å². The Bertz CT molecular complexity index is 240. The smallest absolute Gasteiger partial charge is 0.251 e. The van der Waals surface area contributed by atoms with Crippen molar-refractivity contribution in [3.8, 4) is 0 Å². The summed E-state index contributed by atoms with van der Waals surface area (Å²) in [6, 6.07) is 0. The number of rotatable bonds is 3. The molecule has 88 valence electrons. The van der Waals surface area contributed by atoms with E-state index in [1.54, 1.807) is 11.9 Å². The van der Waals surface area contributed by atoms with E-state index in [1.807, 2.05) is 20.8 Å². The Morgan fingerprint density at radius 3 is 2.53 bits per heavy atom. The average molecular weight is 215 g/mol. The maximum absolute atomic E-state index is 12.0. The highest BCUT2D eigenvalue weighted by Crippen LogP contribution is 2.23. The molecule has 2 unspecified atom stereocenters. The van der Waals surface area contributed by atoms with E-state index < -0.39 is 5.54 Å². The minimum absolute atomic E-state index is 0.0293. The van der Waals surface area contributed by atoms with Crippen LogP contribution in [-0.4, -0.2) is 47.3 Å². The molecule has 15 heavy (non-hydrogen) atoms. The topological polar surface area (TPSA) is 49.8 Å². The minimum atomic E-state index is -0.522. The van der Waals surface area contributed by atoms with Crippen molar-refractivity contribution in [2.45, 2.75) is 51.4 Å². The number of carbonyl (C=O) groups excluding carboxylic acids is 1. The van der Waals surface area contributed by atoms with Crippen LogP contribution in [0, 0.1) is 0 Å². The summed E-state index contributed by atoms with van der Waals surface area (Å²) in [4.78, 5) is 13.6. The lowest BCUT2D eigenvalue weighted by atomic mass is 10.0. The molecule has 4 heteroatoms. The van der Waals surface area contributed by atoms with Crippen molar-refractivity contribution in [2.24, 2.45) is 0 Å². The Morgan fingerprint density at radius 1 is 1.53 bits per heavy atom. The van der Waals surface area contributed by atoms with E-state index in [4.69, 9.17) is 4.74 Å². The standard InChI is InChI=1S/C11H21NO3/c1-8-5-6-9(15-8)10(14)12(4)11(2,3)7-13/h8-9,13H,5-7H2,1-4H3. The Hall–Kier alpha value is -0.610. The third-order valence-corrected chi connectivity index (χ3v) is 3.13. The molecular weight excluding hydrogens is 194 g/mol. The van der Waals surface area contributed by atoms with Gasteiger partial charge >= 0.3 is 0 Å². The largest absolute Gasteiger partial charge is 0.394 e. The van der Waals surface area contributed by atoms with E-state index in [-0.39, 0.29) is 24.7 Å². The second-order valence-electron chi connectivity index (χ2n) is 4.88. The van der Waals surface area contributed by atoms with Gasteiger partial charge in [-0.25, -0.2) is 0 Å². The molecule has 1 saturated heterocycles. The fourth-order valence-electron chi connectivity index (χ4n) is 1.60. The maximum atomic E-state index is 12.0. The fourth-order valence-corrected chi connectivity index (χ4v) is 1.60. The number of aliphatic hydroxyl groups is 1. The van der Waals surface area contributed by atoms with Crippen molar-refractivity contribution in [1.29, 1.82) is 0 Å². The zero-order valence-electron chi connectivity index (χ0n) is 9.99. The van der Waals surface area contributed by atoms with Gasteiger partial charge in [-0.3, -0.25) is 4.79 Å². The van der Waals surface area contributed by atoms with Gasteiger partial charge in [0.05, 0.1) is 18.2 Å². The van der Waals surface area contributed by atoms with E-state index in [1.165, 1.54) is 0 Å². The van der Waals surface area contributed by atoms with E-state index in [0.29, 0.717) is 0 Å². The molecule has 1 amide bonds. The Kier molecular flexibility index (Phi) is 3.73. The summed E-state index contributed by atoms with van der Waals surface area (Å²) in [5.41, 5.74) is -0.522. The van der Waals surface area contributed by atoms with Crippen LogP contribution >= 0.6 is 0 Å². The van der Waals surface area contributed by atoms with E-state index in [0.717, 1.165) is 12.8 Å². The van der Waals surface area contributed by atoms with Crippen LogP contribution in [-0.2, 0) is 9.53 Å². The van der Waals surface area contributed by atoms with Gasteiger partial charge in [-0.1, -0.05) is 0 Å². The van der Waals surface area contributed by atoms with Gasteiger partial charge in [0.1, 0.15) is 6.10 Å². The first-order valence-corrected chi connectivity index (χ1v) is 5.42. The van der Waals surface area contributed by atoms with Crippen LogP contribution in [0.1, 0.15) is 33.6 Å². The van der Waals surface area contributed by atoms with Gasteiger partial charge in [-0.05, 0) is 33.6 Å². The molecule has 1 fully saturated rings. The van der Waals surface area contributed by atoms with Crippen LogP contribution in [0.4, 0.5) is 0 Å². The van der Waals surface area contributed by atoms with Crippen LogP contribution in [0.15, 0.2) is 0 Å². The Morgan fingerprint density at radius 2 is 2.13 bits per heavy atom. The van der Waals surface area contributed by atoms with Crippen molar-refractivity contribution in [3.05, 3.63) is 0 Å². The van der Waals surface area contributed by atoms with Crippen molar-refractivity contribution in [1.82, 2.24) is 4.90 Å². The number of hydrogen-bond acceptors (Lipinski definition) is 3. The molecule has 0 spiro atoms. The van der Waals surface area contributed by atoms with Crippen molar-refractivity contribution in [3.63, 3.8) is 0 Å². The molecule has 0 aromatic heterocycles. The van der Waals surface area contributed by atoms with Crippen molar-refractivity contribution < 1.29 is 14.6 Å². The SMILES string of the molecule is CC1CCC(C(=O)N(C)C(C)(C)CO)O1. The van der Waals surface area contributed by atoms with Gasteiger partial charge in [-0.15, -0.1) is 0 Å². The lowest BCUT2D eigenvalue weighted by Crippen LogP contribution is -2.51. The molecule has 0 aromatic carbocycles. The molecule has 1 N–H and O–H groups in total. The van der Waals surface area contributed by atoms with Crippen molar-refractivity contribution >= 4 is 5.91 Å². The minimum Gasteiger partial charge on any atom is -0.394 e. The summed E-state index contributed by atoms with van der Waals surface area (Å²) >= 11 is 0. The molecule has 1 heterocycles. The fraction of sp³-hybridized carbons (Fsp3) is 0.909. The second-order valence-corrected chi connectivity index (χ2v) is 4.88. The molecule has 0 bridgehead atoms. The van der Waals surface area contributed by atoms with Gasteiger partial charge < -0.3 is 14.7 Å². The summed E-state index contributed by atoms with van der Waals surface area (Å²) in [5.74, 6) is -0.0293. The molecule has 4 nitrogen and oxygen atoms in total. The highest BCUT2D eigenvalue weighted by atomic mass is 16.5. The van der Waals surface area contributed by atoms with Crippen LogP contribution in [0.2, 0.25) is 0 Å². The summed E-state index contributed by atoms with van der Waals surface area (Å²) in [6.07, 6.45) is 1.57. The van der Waals surface area contributed by atoms with Crippen LogP contribution in [0.25, 0.3) is 0 Å². The van der Waals surface area contributed by atoms with Gasteiger partial charge in [0.2, 0.25) is 0 Å². The predicted molar refractivity (Wildman–Crippen MR) is 57.5 cm³/mol. The number of ether oxygens (including phenoxy) is 1. The number of carbonyl (C=O) groups is 1. The molecule has 0 aliphatic carbocycles. The zero-order chi connectivity index (χ0) is 11.6. The van der Waals surface area contributed by atoms with Gasteiger partial charge in [-0.2, -0.15) is 0 Å². The first-order valence-electron chi connectivity index (χ1n) is 5.42. The molecule has 0 saturated carbocycles. The summed E-state index contributed by atoms with van der Waals surface area (Å²) in [6.45, 7) is 5.61. The van der Waals surface area contributed by atoms with Gasteiger partial charge in [0.15, 0.2) is 0 Å². The third-order valence-electron chi connectivity index (χ3n) is 3.13. The molecule has 1 aliphatic heterocycles. The molecule has 2 atom stereocenters. The van der Waals surface area contributed by atoms with Crippen LogP contribution < -0.4 is 0 Å². The monoisotopic (exact) mass is 215 g/mol. The molecule has 1 aliphatic rings. The van der Waals surface area contributed by atoms with E-state index in [9.17, 15) is 9.90 Å². The zero-order valence-corrected chi connectivity index (χ0v) is 9.99. The summed E-state index contributed by atoms with van der Waals surface area (Å²) < 4.78 is 5.51. The first-order chi connectivity index (χ1) is 6.88. The molecule has 1 rings (SSSR count). The Balaban J connectivity index is 2.60. The van der Waals surface area contributed by atoms with E-state index in [2.05, 4.69) is 0 Å². The average Bonchev–Trinajstić information content (AvgIpc) is 2.62. The Labute approximate surface area is 91.2 Å². The highest BCUT2D eigenvalue weighted by Gasteiger charge is 2.35. The number of hydrogen-bond donors (Lipinski definition) is 1. The number of likely N-dealkylation sites (N-methyl/N-ethyl adjacent to an activating group) is 1. The van der Waals surface area contributed by atoms with Crippen LogP contribution in [0.3, 0.4) is 0 Å². The van der Waals surface area contributed by atoms with Crippen LogP contribution in [0.5, 0.6) is 0 Å².